The molecule has 1 nitrogen and oxygen atoms in total. The number of unbranched alkanes of at least 4 members (excludes halogenated alkanes) is 7. The van der Waals surface area contributed by atoms with Gasteiger partial charge in [0.05, 0.1) is 0 Å². The maximum absolute atomic E-state index is 6.83. The zero-order valence-electron chi connectivity index (χ0n) is 15.8. The lowest BCUT2D eigenvalue weighted by atomic mass is 10.0. The van der Waals surface area contributed by atoms with Crippen LogP contribution in [0.25, 0.3) is 0 Å². The Morgan fingerprint density at radius 2 is 1.27 bits per heavy atom. The van der Waals surface area contributed by atoms with E-state index in [-0.39, 0.29) is 0 Å². The normalized spacial score (nSPS) is 18.7. The molecule has 0 N–H and O–H groups in total. The van der Waals surface area contributed by atoms with E-state index in [4.69, 9.17) is 4.43 Å². The maximum atomic E-state index is 6.83. The Balaban J connectivity index is 2.24. The molecule has 1 aliphatic rings. The minimum absolute atomic E-state index is 0.598. The van der Waals surface area contributed by atoms with Gasteiger partial charge in [-0.3, -0.25) is 0 Å². The van der Waals surface area contributed by atoms with E-state index in [0.717, 1.165) is 0 Å². The van der Waals surface area contributed by atoms with Crippen LogP contribution >= 0.6 is 0 Å². The quantitative estimate of drug-likeness (QED) is 0.238. The third kappa shape index (κ3) is 8.15. The van der Waals surface area contributed by atoms with Gasteiger partial charge in [-0.1, -0.05) is 91.4 Å². The standard InChI is InChI=1S/C20H42OSi/c1-4-7-9-10-11-12-13-17-20(16-8-5-2)21-22(6-3)18-14-15-19-22/h20H,4-19H2,1-3H3. The molecule has 2 heteroatoms. The number of rotatable bonds is 14. The Morgan fingerprint density at radius 1 is 0.727 bits per heavy atom. The molecule has 1 heterocycles. The molecule has 1 rings (SSSR count). The Kier molecular flexibility index (Phi) is 11.6. The summed E-state index contributed by atoms with van der Waals surface area (Å²) in [6, 6.07) is 4.25. The third-order valence-corrected chi connectivity index (χ3v) is 10.2. The van der Waals surface area contributed by atoms with Crippen LogP contribution in [0.15, 0.2) is 0 Å². The Hall–Kier alpha value is 0.177. The highest BCUT2D eigenvalue weighted by molar-refractivity contribution is 6.74. The van der Waals surface area contributed by atoms with Crippen molar-refractivity contribution in [3.8, 4) is 0 Å². The lowest BCUT2D eigenvalue weighted by Gasteiger charge is -2.31. The van der Waals surface area contributed by atoms with Gasteiger partial charge in [0.2, 0.25) is 0 Å². The van der Waals surface area contributed by atoms with Crippen molar-refractivity contribution in [3.63, 3.8) is 0 Å². The van der Waals surface area contributed by atoms with E-state index in [1.165, 1.54) is 102 Å². The largest absolute Gasteiger partial charge is 0.414 e. The molecule has 1 unspecified atom stereocenters. The van der Waals surface area contributed by atoms with E-state index < -0.39 is 8.32 Å². The van der Waals surface area contributed by atoms with Crippen LogP contribution in [0, 0.1) is 0 Å². The van der Waals surface area contributed by atoms with Crippen LogP contribution < -0.4 is 0 Å². The Labute approximate surface area is 141 Å². The second-order valence-electron chi connectivity index (χ2n) is 7.54. The average Bonchev–Trinajstić information content (AvgIpc) is 3.00. The van der Waals surface area contributed by atoms with Crippen LogP contribution in [0.5, 0.6) is 0 Å². The molecular weight excluding hydrogens is 284 g/mol. The number of hydrogen-bond donors (Lipinski definition) is 0. The fraction of sp³-hybridized carbons (Fsp3) is 1.00. The molecule has 0 spiro atoms. The summed E-state index contributed by atoms with van der Waals surface area (Å²) in [7, 11) is -1.31. The molecule has 0 radical (unpaired) electrons. The highest BCUT2D eigenvalue weighted by Gasteiger charge is 2.38. The lowest BCUT2D eigenvalue weighted by Crippen LogP contribution is -2.38. The molecular formula is C20H42OSi. The maximum Gasteiger partial charge on any atom is 0.192 e. The molecule has 0 aliphatic carbocycles. The molecule has 0 saturated carbocycles. The molecule has 0 amide bonds. The van der Waals surface area contributed by atoms with Crippen LogP contribution in [-0.2, 0) is 4.43 Å². The Morgan fingerprint density at radius 3 is 1.86 bits per heavy atom. The first-order valence-corrected chi connectivity index (χ1v) is 13.0. The fourth-order valence-electron chi connectivity index (χ4n) is 3.95. The van der Waals surface area contributed by atoms with Crippen LogP contribution in [0.1, 0.15) is 104 Å². The van der Waals surface area contributed by atoms with Gasteiger partial charge in [0.1, 0.15) is 0 Å². The van der Waals surface area contributed by atoms with E-state index in [2.05, 4.69) is 20.8 Å². The summed E-state index contributed by atoms with van der Waals surface area (Å²) in [6.07, 6.45) is 18.7. The molecule has 132 valence electrons. The van der Waals surface area contributed by atoms with Crippen molar-refractivity contribution >= 4 is 8.32 Å². The van der Waals surface area contributed by atoms with Crippen molar-refractivity contribution in [2.24, 2.45) is 0 Å². The first-order valence-electron chi connectivity index (χ1n) is 10.4. The van der Waals surface area contributed by atoms with Crippen LogP contribution in [-0.4, -0.2) is 14.4 Å². The fourth-order valence-corrected chi connectivity index (χ4v) is 8.04. The van der Waals surface area contributed by atoms with Crippen molar-refractivity contribution in [2.75, 3.05) is 0 Å². The van der Waals surface area contributed by atoms with E-state index >= 15 is 0 Å². The van der Waals surface area contributed by atoms with Gasteiger partial charge in [-0.05, 0) is 31.0 Å². The summed E-state index contributed by atoms with van der Waals surface area (Å²) in [6.45, 7) is 7.00. The first-order chi connectivity index (χ1) is 10.8. The van der Waals surface area contributed by atoms with Gasteiger partial charge in [-0.2, -0.15) is 0 Å². The molecule has 1 atom stereocenters. The summed E-state index contributed by atoms with van der Waals surface area (Å²) in [5.74, 6) is 0. The van der Waals surface area contributed by atoms with Gasteiger partial charge < -0.3 is 4.43 Å². The highest BCUT2D eigenvalue weighted by atomic mass is 28.4. The first kappa shape index (κ1) is 20.2. The van der Waals surface area contributed by atoms with Gasteiger partial charge in [0, 0.05) is 6.10 Å². The van der Waals surface area contributed by atoms with E-state index in [0.29, 0.717) is 6.10 Å². The molecule has 1 aliphatic heterocycles. The van der Waals surface area contributed by atoms with Gasteiger partial charge >= 0.3 is 0 Å². The van der Waals surface area contributed by atoms with Crippen LogP contribution in [0.3, 0.4) is 0 Å². The van der Waals surface area contributed by atoms with Crippen molar-refractivity contribution in [2.45, 2.75) is 128 Å². The lowest BCUT2D eigenvalue weighted by molar-refractivity contribution is 0.161. The topological polar surface area (TPSA) is 9.23 Å². The summed E-state index contributed by atoms with van der Waals surface area (Å²) >= 11 is 0. The van der Waals surface area contributed by atoms with E-state index in [9.17, 15) is 0 Å². The van der Waals surface area contributed by atoms with Crippen molar-refractivity contribution in [3.05, 3.63) is 0 Å². The molecule has 0 bridgehead atoms. The summed E-state index contributed by atoms with van der Waals surface area (Å²) < 4.78 is 6.83. The average molecular weight is 327 g/mol. The SMILES string of the molecule is CCCCCCCCCC(CCCC)O[Si]1(CC)CCCC1. The summed E-state index contributed by atoms with van der Waals surface area (Å²) in [5, 5.41) is 0. The van der Waals surface area contributed by atoms with E-state index in [1.54, 1.807) is 0 Å². The summed E-state index contributed by atoms with van der Waals surface area (Å²) in [5.41, 5.74) is 0. The van der Waals surface area contributed by atoms with E-state index in [1.807, 2.05) is 0 Å². The predicted octanol–water partition coefficient (Wildman–Crippen LogP) is 7.46. The molecule has 0 aromatic carbocycles. The van der Waals surface area contributed by atoms with Gasteiger partial charge in [-0.25, -0.2) is 0 Å². The highest BCUT2D eigenvalue weighted by Crippen LogP contribution is 2.36. The predicted molar refractivity (Wildman–Crippen MR) is 102 cm³/mol. The minimum Gasteiger partial charge on any atom is -0.414 e. The van der Waals surface area contributed by atoms with Gasteiger partial charge in [-0.15, -0.1) is 0 Å². The number of hydrogen-bond acceptors (Lipinski definition) is 1. The zero-order valence-corrected chi connectivity index (χ0v) is 16.8. The smallest absolute Gasteiger partial charge is 0.192 e. The van der Waals surface area contributed by atoms with Crippen molar-refractivity contribution < 1.29 is 4.43 Å². The molecule has 0 aromatic heterocycles. The molecule has 0 aromatic rings. The second kappa shape index (κ2) is 12.6. The minimum atomic E-state index is -1.31. The van der Waals surface area contributed by atoms with Gasteiger partial charge in [0.25, 0.3) is 0 Å². The molecule has 1 saturated heterocycles. The Bertz CT molecular complexity index is 248. The summed E-state index contributed by atoms with van der Waals surface area (Å²) in [4.78, 5) is 0. The zero-order chi connectivity index (χ0) is 16.1. The monoisotopic (exact) mass is 326 g/mol. The van der Waals surface area contributed by atoms with Crippen molar-refractivity contribution in [1.29, 1.82) is 0 Å². The van der Waals surface area contributed by atoms with Crippen LogP contribution in [0.2, 0.25) is 18.1 Å². The third-order valence-electron chi connectivity index (χ3n) is 5.59. The van der Waals surface area contributed by atoms with Crippen molar-refractivity contribution in [1.82, 2.24) is 0 Å². The van der Waals surface area contributed by atoms with Crippen LogP contribution in [0.4, 0.5) is 0 Å². The molecule has 22 heavy (non-hydrogen) atoms. The second-order valence-corrected chi connectivity index (χ2v) is 11.8. The molecule has 1 fully saturated rings. The van der Waals surface area contributed by atoms with Gasteiger partial charge in [0.15, 0.2) is 8.32 Å².